The normalized spacial score (nSPS) is 18.3. The number of methoxy groups -OCH3 is 1. The van der Waals surface area contributed by atoms with Gasteiger partial charge < -0.3 is 19.1 Å². The predicted octanol–water partition coefficient (Wildman–Crippen LogP) is 2.14. The van der Waals surface area contributed by atoms with Crippen LogP contribution in [0, 0.1) is 11.9 Å². The van der Waals surface area contributed by atoms with Crippen molar-refractivity contribution in [2.24, 2.45) is 5.92 Å². The molecule has 0 aromatic carbocycles. The van der Waals surface area contributed by atoms with Gasteiger partial charge in [0.15, 0.2) is 27.7 Å². The van der Waals surface area contributed by atoms with Crippen LogP contribution >= 0.6 is 0 Å². The molecule has 1 saturated heterocycles. The minimum absolute atomic E-state index is 0.00667. The molecule has 1 fully saturated rings. The van der Waals surface area contributed by atoms with E-state index >= 15 is 0 Å². The number of hydrogen-bond donors (Lipinski definition) is 0. The van der Waals surface area contributed by atoms with Crippen LogP contribution in [0.4, 0.5) is 9.18 Å². The standard InChI is InChI=1S/C17H22FN2O5.Al/c1-17(2,3)25-16(22)20-8-7-11(9-20)10-24-13-6-5-12(15(21)23-4)19-14(13)18;/h5-6,10-11H,7-9H2,1-4H3;/t11-;/m1./s1. The number of carbonyl (C=O) groups excluding carboxylic acids is 2. The molecule has 1 unspecified atom stereocenters. The van der Waals surface area contributed by atoms with Crippen LogP contribution in [0.15, 0.2) is 12.1 Å². The van der Waals surface area contributed by atoms with Crippen molar-refractivity contribution >= 4 is 28.4 Å². The van der Waals surface area contributed by atoms with Crippen molar-refractivity contribution < 1.29 is 28.2 Å². The largest absolute Gasteiger partial charge is 0.504 e. The SMILES string of the molecule is COC(=O)c1ccc(O[CH]([Al])[C@@H]2CCN(C(=O)OC(C)(C)C)C2)c(F)n1. The van der Waals surface area contributed by atoms with E-state index in [4.69, 9.17) is 9.47 Å². The molecule has 0 N–H and O–H groups in total. The van der Waals surface area contributed by atoms with Gasteiger partial charge in [-0.3, -0.25) is 0 Å². The minimum atomic E-state index is -0.887. The second-order valence-corrected chi connectivity index (χ2v) is 7.69. The van der Waals surface area contributed by atoms with Gasteiger partial charge in [0.05, 0.1) is 7.11 Å². The summed E-state index contributed by atoms with van der Waals surface area (Å²) in [6.45, 7) is 6.45. The maximum absolute atomic E-state index is 14.0. The molecule has 2 heterocycles. The Balaban J connectivity index is 1.95. The van der Waals surface area contributed by atoms with E-state index in [2.05, 4.69) is 26.0 Å². The van der Waals surface area contributed by atoms with E-state index in [1.54, 1.807) is 4.90 Å². The van der Waals surface area contributed by atoms with Crippen LogP contribution in [0.3, 0.4) is 0 Å². The third-order valence-corrected chi connectivity index (χ3v) is 4.49. The Morgan fingerprint density at radius 3 is 2.65 bits per heavy atom. The Hall–Kier alpha value is -1.85. The average molecular weight is 380 g/mol. The van der Waals surface area contributed by atoms with Gasteiger partial charge >= 0.3 is 12.1 Å². The summed E-state index contributed by atoms with van der Waals surface area (Å²) in [6.07, 6.45) is 0.343. The molecule has 26 heavy (non-hydrogen) atoms. The van der Waals surface area contributed by atoms with E-state index in [0.717, 1.165) is 0 Å². The van der Waals surface area contributed by atoms with Crippen molar-refractivity contribution in [2.75, 3.05) is 20.2 Å². The first-order valence-corrected chi connectivity index (χ1v) is 8.92. The van der Waals surface area contributed by atoms with Gasteiger partial charge in [-0.1, -0.05) is 0 Å². The fraction of sp³-hybridized carbons (Fsp3) is 0.588. The van der Waals surface area contributed by atoms with Gasteiger partial charge in [-0.05, 0) is 45.2 Å². The summed E-state index contributed by atoms with van der Waals surface area (Å²) < 4.78 is 29.5. The van der Waals surface area contributed by atoms with Crippen LogP contribution in [-0.2, 0) is 9.47 Å². The lowest BCUT2D eigenvalue weighted by atomic mass is 10.1. The molecule has 0 saturated carbocycles. The highest BCUT2D eigenvalue weighted by Crippen LogP contribution is 2.25. The quantitative estimate of drug-likeness (QED) is 0.452. The molecule has 0 aliphatic carbocycles. The Morgan fingerprint density at radius 2 is 2.08 bits per heavy atom. The number of ether oxygens (including phenoxy) is 3. The van der Waals surface area contributed by atoms with Crippen LogP contribution in [0.25, 0.3) is 0 Å². The first kappa shape index (κ1) is 20.5. The third kappa shape index (κ3) is 5.32. The van der Waals surface area contributed by atoms with Crippen molar-refractivity contribution in [3.05, 3.63) is 23.8 Å². The van der Waals surface area contributed by atoms with E-state index in [9.17, 15) is 14.0 Å². The zero-order valence-electron chi connectivity index (χ0n) is 15.3. The van der Waals surface area contributed by atoms with Crippen LogP contribution < -0.4 is 4.74 Å². The van der Waals surface area contributed by atoms with E-state index in [1.165, 1.54) is 19.2 Å². The maximum atomic E-state index is 14.0. The fourth-order valence-electron chi connectivity index (χ4n) is 2.52. The van der Waals surface area contributed by atoms with E-state index in [-0.39, 0.29) is 23.5 Å². The number of rotatable bonds is 4. The zero-order chi connectivity index (χ0) is 19.5. The Morgan fingerprint density at radius 1 is 1.38 bits per heavy atom. The molecule has 0 spiro atoms. The summed E-state index contributed by atoms with van der Waals surface area (Å²) in [4.78, 5) is 28.2. The Kier molecular flexibility index (Phi) is 6.48. The van der Waals surface area contributed by atoms with Gasteiger partial charge in [-0.15, -0.1) is 0 Å². The summed E-state index contributed by atoms with van der Waals surface area (Å²) in [5, 5.41) is 0. The molecule has 2 rings (SSSR count). The van der Waals surface area contributed by atoms with Gasteiger partial charge in [-0.2, -0.15) is 4.39 Å². The zero-order valence-corrected chi connectivity index (χ0v) is 16.5. The van der Waals surface area contributed by atoms with Crippen molar-refractivity contribution in [1.29, 1.82) is 0 Å². The molecular formula is C17H22AlFN2O5. The van der Waals surface area contributed by atoms with E-state index < -0.39 is 22.5 Å². The molecule has 1 amide bonds. The first-order chi connectivity index (χ1) is 12.1. The lowest BCUT2D eigenvalue weighted by Crippen LogP contribution is -2.37. The van der Waals surface area contributed by atoms with Crippen molar-refractivity contribution in [1.82, 2.24) is 9.88 Å². The van der Waals surface area contributed by atoms with Gasteiger partial charge in [0, 0.05) is 18.1 Å². The highest BCUT2D eigenvalue weighted by Gasteiger charge is 2.33. The molecule has 2 atom stereocenters. The average Bonchev–Trinajstić information content (AvgIpc) is 3.04. The monoisotopic (exact) mass is 380 g/mol. The van der Waals surface area contributed by atoms with Gasteiger partial charge in [-0.25, -0.2) is 14.6 Å². The lowest BCUT2D eigenvalue weighted by molar-refractivity contribution is 0.0281. The predicted molar refractivity (Wildman–Crippen MR) is 91.6 cm³/mol. The van der Waals surface area contributed by atoms with Crippen molar-refractivity contribution in [3.63, 3.8) is 0 Å². The second-order valence-electron chi connectivity index (χ2n) is 7.03. The summed E-state index contributed by atoms with van der Waals surface area (Å²) in [5.41, 5.74) is -0.683. The Bertz CT molecular complexity index is 680. The molecule has 0 bridgehead atoms. The van der Waals surface area contributed by atoms with Crippen molar-refractivity contribution in [3.8, 4) is 5.75 Å². The molecule has 1 aromatic heterocycles. The highest BCUT2D eigenvalue weighted by molar-refractivity contribution is 6.11. The number of aromatic nitrogens is 1. The number of halogens is 1. The van der Waals surface area contributed by atoms with Crippen LogP contribution in [0.5, 0.6) is 5.75 Å². The number of pyridine rings is 1. The topological polar surface area (TPSA) is 78.0 Å². The van der Waals surface area contributed by atoms with Crippen LogP contribution in [0.2, 0.25) is 0 Å². The smallest absolute Gasteiger partial charge is 0.410 e. The third-order valence-electron chi connectivity index (χ3n) is 3.81. The summed E-state index contributed by atoms with van der Waals surface area (Å²) in [7, 11) is 1.20. The maximum Gasteiger partial charge on any atom is 0.410 e. The second kappa shape index (κ2) is 8.23. The molecule has 2 radical (unpaired) electrons. The number of likely N-dealkylation sites (tertiary alicyclic amines) is 1. The van der Waals surface area contributed by atoms with Gasteiger partial charge in [0.1, 0.15) is 5.60 Å². The van der Waals surface area contributed by atoms with Gasteiger partial charge in [0.2, 0.25) is 0 Å². The fourth-order valence-corrected chi connectivity index (χ4v) is 2.98. The van der Waals surface area contributed by atoms with Gasteiger partial charge in [0.25, 0.3) is 5.95 Å². The molecular weight excluding hydrogens is 358 g/mol. The van der Waals surface area contributed by atoms with Crippen LogP contribution in [0.1, 0.15) is 37.7 Å². The van der Waals surface area contributed by atoms with E-state index in [0.29, 0.717) is 19.5 Å². The highest BCUT2D eigenvalue weighted by atomic mass is 27.0. The molecule has 7 nitrogen and oxygen atoms in total. The number of nitrogens with zero attached hydrogens (tertiary/aromatic N) is 2. The number of carbonyl (C=O) groups is 2. The first-order valence-electron chi connectivity index (χ1n) is 8.25. The molecule has 1 aliphatic heterocycles. The van der Waals surface area contributed by atoms with Crippen LogP contribution in [-0.4, -0.2) is 69.0 Å². The Labute approximate surface area is 160 Å². The minimum Gasteiger partial charge on any atom is -0.504 e. The lowest BCUT2D eigenvalue weighted by Gasteiger charge is -2.26. The molecule has 1 aliphatic rings. The summed E-state index contributed by atoms with van der Waals surface area (Å²) in [5.74, 6) is -1.66. The summed E-state index contributed by atoms with van der Waals surface area (Å²) >= 11 is 2.51. The number of amides is 1. The number of hydrogen-bond acceptors (Lipinski definition) is 6. The summed E-state index contributed by atoms with van der Waals surface area (Å²) in [6, 6.07) is 2.68. The molecule has 140 valence electrons. The molecule has 1 aromatic rings. The van der Waals surface area contributed by atoms with Crippen molar-refractivity contribution in [2.45, 2.75) is 37.8 Å². The van der Waals surface area contributed by atoms with E-state index in [1.807, 2.05) is 20.8 Å². The number of esters is 1. The molecule has 9 heteroatoms.